The zero-order chi connectivity index (χ0) is 15.4. The van der Waals surface area contributed by atoms with Crippen molar-refractivity contribution in [2.75, 3.05) is 18.9 Å². The highest BCUT2D eigenvalue weighted by molar-refractivity contribution is 7.13. The number of carbonyl (C=O) groups excluding carboxylic acids is 1. The van der Waals surface area contributed by atoms with Gasteiger partial charge >= 0.3 is 0 Å². The van der Waals surface area contributed by atoms with Gasteiger partial charge in [-0.05, 0) is 30.9 Å². The maximum atomic E-state index is 12.2. The predicted molar refractivity (Wildman–Crippen MR) is 87.0 cm³/mol. The Bertz CT molecular complexity index is 656. The van der Waals surface area contributed by atoms with Crippen LogP contribution in [0.3, 0.4) is 0 Å². The zero-order valence-corrected chi connectivity index (χ0v) is 13.1. The number of benzene rings is 1. The van der Waals surface area contributed by atoms with Gasteiger partial charge in [0.2, 0.25) is 5.91 Å². The molecule has 6 heteroatoms. The zero-order valence-electron chi connectivity index (χ0n) is 12.2. The van der Waals surface area contributed by atoms with E-state index in [-0.39, 0.29) is 11.8 Å². The summed E-state index contributed by atoms with van der Waals surface area (Å²) in [7, 11) is 0. The van der Waals surface area contributed by atoms with Crippen molar-refractivity contribution in [2.45, 2.75) is 19.3 Å². The fourth-order valence-corrected chi connectivity index (χ4v) is 3.16. The first kappa shape index (κ1) is 14.8. The Morgan fingerprint density at radius 3 is 3.14 bits per heavy atom. The molecule has 1 atom stereocenters. The summed E-state index contributed by atoms with van der Waals surface area (Å²) in [6.45, 7) is 1.10. The average molecular weight is 317 g/mol. The number of para-hydroxylation sites is 1. The number of ether oxygens (including phenoxy) is 1. The lowest BCUT2D eigenvalue weighted by Crippen LogP contribution is -2.37. The van der Waals surface area contributed by atoms with Gasteiger partial charge in [0.25, 0.3) is 0 Å². The van der Waals surface area contributed by atoms with E-state index in [1.807, 2.05) is 29.6 Å². The molecule has 0 saturated heterocycles. The molecule has 0 radical (unpaired) electrons. The fourth-order valence-electron chi connectivity index (χ4n) is 2.56. The first-order valence-electron chi connectivity index (χ1n) is 7.40. The van der Waals surface area contributed by atoms with Crippen LogP contribution in [0, 0.1) is 5.92 Å². The molecule has 22 heavy (non-hydrogen) atoms. The Kier molecular flexibility index (Phi) is 4.58. The number of amides is 1. The minimum absolute atomic E-state index is 0.0623. The van der Waals surface area contributed by atoms with E-state index in [1.165, 1.54) is 11.3 Å². The largest absolute Gasteiger partial charge is 0.492 e. The van der Waals surface area contributed by atoms with Gasteiger partial charge in [-0.3, -0.25) is 4.79 Å². The van der Waals surface area contributed by atoms with Crippen LogP contribution in [-0.2, 0) is 17.6 Å². The molecule has 5 nitrogen and oxygen atoms in total. The van der Waals surface area contributed by atoms with Gasteiger partial charge in [0.05, 0.1) is 11.6 Å². The molecule has 0 spiro atoms. The second kappa shape index (κ2) is 6.79. The Balaban J connectivity index is 1.43. The van der Waals surface area contributed by atoms with Crippen LogP contribution in [0.25, 0.3) is 0 Å². The van der Waals surface area contributed by atoms with Gasteiger partial charge in [0.1, 0.15) is 12.4 Å². The normalized spacial score (nSPS) is 16.6. The quantitative estimate of drug-likeness (QED) is 0.827. The molecule has 2 heterocycles. The molecule has 0 fully saturated rings. The van der Waals surface area contributed by atoms with Crippen LogP contribution in [0.15, 0.2) is 29.6 Å². The third-order valence-corrected chi connectivity index (χ3v) is 4.45. The molecular weight excluding hydrogens is 298 g/mol. The maximum absolute atomic E-state index is 12.2. The number of rotatable bonds is 5. The fraction of sp³-hybridized carbons (Fsp3) is 0.375. The lowest BCUT2D eigenvalue weighted by atomic mass is 9.96. The first-order valence-corrected chi connectivity index (χ1v) is 8.28. The van der Waals surface area contributed by atoms with Crippen LogP contribution < -0.4 is 15.8 Å². The van der Waals surface area contributed by atoms with Gasteiger partial charge in [-0.15, -0.1) is 11.3 Å². The number of nitrogens with one attached hydrogen (secondary N) is 1. The van der Waals surface area contributed by atoms with Gasteiger partial charge in [0.15, 0.2) is 5.13 Å². The lowest BCUT2D eigenvalue weighted by Gasteiger charge is -2.24. The van der Waals surface area contributed by atoms with Gasteiger partial charge in [-0.1, -0.05) is 18.2 Å². The monoisotopic (exact) mass is 317 g/mol. The minimum atomic E-state index is -0.107. The molecule has 0 bridgehead atoms. The number of hydrogen-bond acceptors (Lipinski definition) is 5. The number of nitrogens with zero attached hydrogens (tertiary/aromatic N) is 1. The van der Waals surface area contributed by atoms with E-state index in [0.717, 1.165) is 36.3 Å². The molecule has 0 unspecified atom stereocenters. The Hall–Kier alpha value is -2.08. The van der Waals surface area contributed by atoms with E-state index in [0.29, 0.717) is 18.3 Å². The number of hydrogen-bond donors (Lipinski definition) is 2. The second-order valence-corrected chi connectivity index (χ2v) is 6.28. The van der Waals surface area contributed by atoms with Crippen LogP contribution in [0.1, 0.15) is 17.7 Å². The average Bonchev–Trinajstić information content (AvgIpc) is 2.96. The highest BCUT2D eigenvalue weighted by Crippen LogP contribution is 2.26. The van der Waals surface area contributed by atoms with Crippen molar-refractivity contribution < 1.29 is 9.53 Å². The molecule has 116 valence electrons. The van der Waals surface area contributed by atoms with Gasteiger partial charge in [0, 0.05) is 11.9 Å². The third-order valence-electron chi connectivity index (χ3n) is 3.73. The topological polar surface area (TPSA) is 77.2 Å². The van der Waals surface area contributed by atoms with Crippen LogP contribution in [0.5, 0.6) is 5.75 Å². The van der Waals surface area contributed by atoms with Crippen molar-refractivity contribution in [3.63, 3.8) is 0 Å². The molecule has 2 aromatic rings. The molecule has 1 aromatic heterocycles. The van der Waals surface area contributed by atoms with Crippen molar-refractivity contribution in [3.8, 4) is 5.75 Å². The summed E-state index contributed by atoms with van der Waals surface area (Å²) < 4.78 is 5.65. The minimum Gasteiger partial charge on any atom is -0.492 e. The number of thiazole rings is 1. The smallest absolute Gasteiger partial charge is 0.226 e. The van der Waals surface area contributed by atoms with Crippen LogP contribution >= 0.6 is 11.3 Å². The summed E-state index contributed by atoms with van der Waals surface area (Å²) in [5.74, 6) is 0.852. The Morgan fingerprint density at radius 1 is 1.45 bits per heavy atom. The molecule has 1 aliphatic heterocycles. The Labute approximate surface area is 133 Å². The van der Waals surface area contributed by atoms with Crippen LogP contribution in [0.2, 0.25) is 0 Å². The summed E-state index contributed by atoms with van der Waals surface area (Å²) >= 11 is 1.45. The van der Waals surface area contributed by atoms with E-state index in [4.69, 9.17) is 10.5 Å². The molecule has 3 rings (SSSR count). The number of anilines is 1. The van der Waals surface area contributed by atoms with Crippen molar-refractivity contribution in [3.05, 3.63) is 40.9 Å². The molecular formula is C16H19N3O2S. The lowest BCUT2D eigenvalue weighted by molar-refractivity contribution is -0.126. The second-order valence-electron chi connectivity index (χ2n) is 5.39. The molecule has 0 saturated carbocycles. The number of aryl methyl sites for hydroxylation is 1. The van der Waals surface area contributed by atoms with E-state index in [1.54, 1.807) is 0 Å². The predicted octanol–water partition coefficient (Wildman–Crippen LogP) is 2.03. The summed E-state index contributed by atoms with van der Waals surface area (Å²) in [6, 6.07) is 7.89. The summed E-state index contributed by atoms with van der Waals surface area (Å²) in [6.07, 6.45) is 2.43. The molecule has 1 aromatic carbocycles. The maximum Gasteiger partial charge on any atom is 0.226 e. The van der Waals surface area contributed by atoms with Crippen LogP contribution in [0.4, 0.5) is 5.13 Å². The molecule has 0 aliphatic carbocycles. The summed E-state index contributed by atoms with van der Waals surface area (Å²) in [5.41, 5.74) is 7.69. The van der Waals surface area contributed by atoms with Gasteiger partial charge in [-0.2, -0.15) is 0 Å². The summed E-state index contributed by atoms with van der Waals surface area (Å²) in [4.78, 5) is 16.4. The number of aromatic nitrogens is 1. The number of nitrogen functional groups attached to an aromatic ring is 1. The molecule has 3 N–H and O–H groups in total. The van der Waals surface area contributed by atoms with Gasteiger partial charge < -0.3 is 15.8 Å². The molecule has 1 amide bonds. The van der Waals surface area contributed by atoms with Crippen molar-refractivity contribution >= 4 is 22.4 Å². The third kappa shape index (κ3) is 3.57. The standard InChI is InChI=1S/C16H19N3O2S/c17-16-19-13(10-22-16)5-3-7-18-15(20)12-8-11-4-1-2-6-14(11)21-9-12/h1-2,4,6,10,12H,3,5,7-9H2,(H2,17,19)(H,18,20)/t12-/m0/s1. The number of nitrogens with two attached hydrogens (primary N) is 1. The van der Waals surface area contributed by atoms with Crippen molar-refractivity contribution in [1.82, 2.24) is 10.3 Å². The SMILES string of the molecule is Nc1nc(CCCNC(=O)[C@@H]2COc3ccccc3C2)cs1. The van der Waals surface area contributed by atoms with E-state index >= 15 is 0 Å². The van der Waals surface area contributed by atoms with E-state index < -0.39 is 0 Å². The number of carbonyl (C=O) groups is 1. The van der Waals surface area contributed by atoms with Crippen molar-refractivity contribution in [1.29, 1.82) is 0 Å². The summed E-state index contributed by atoms with van der Waals surface area (Å²) in [5, 5.41) is 5.54. The molecule has 1 aliphatic rings. The van der Waals surface area contributed by atoms with E-state index in [9.17, 15) is 4.79 Å². The highest BCUT2D eigenvalue weighted by Gasteiger charge is 2.25. The van der Waals surface area contributed by atoms with E-state index in [2.05, 4.69) is 10.3 Å². The highest BCUT2D eigenvalue weighted by atomic mass is 32.1. The van der Waals surface area contributed by atoms with Gasteiger partial charge in [-0.25, -0.2) is 4.98 Å². The first-order chi connectivity index (χ1) is 10.7. The van der Waals surface area contributed by atoms with Crippen LogP contribution in [-0.4, -0.2) is 24.0 Å². The van der Waals surface area contributed by atoms with Crippen molar-refractivity contribution in [2.24, 2.45) is 5.92 Å². The number of fused-ring (bicyclic) bond motifs is 1. The Morgan fingerprint density at radius 2 is 2.32 bits per heavy atom.